The van der Waals surface area contributed by atoms with Gasteiger partial charge in [0.1, 0.15) is 0 Å². The summed E-state index contributed by atoms with van der Waals surface area (Å²) in [5.74, 6) is 4.30. The van der Waals surface area contributed by atoms with Crippen LogP contribution in [0, 0.1) is 29.6 Å². The lowest BCUT2D eigenvalue weighted by atomic mass is 9.54. The normalized spacial score (nSPS) is 42.9. The van der Waals surface area contributed by atoms with Crippen LogP contribution >= 0.6 is 0 Å². The van der Waals surface area contributed by atoms with Gasteiger partial charge in [-0.15, -0.1) is 0 Å². The van der Waals surface area contributed by atoms with Crippen molar-refractivity contribution in [3.05, 3.63) is 12.2 Å². The lowest BCUT2D eigenvalue weighted by molar-refractivity contribution is -0.00805. The summed E-state index contributed by atoms with van der Waals surface area (Å²) in [6.45, 7) is 9.47. The van der Waals surface area contributed by atoms with Crippen molar-refractivity contribution in [2.75, 3.05) is 7.05 Å². The average Bonchev–Trinajstić information content (AvgIpc) is 2.52. The van der Waals surface area contributed by atoms with Gasteiger partial charge in [0.2, 0.25) is 0 Å². The molecule has 0 aliphatic heterocycles. The van der Waals surface area contributed by atoms with Crippen molar-refractivity contribution in [3.63, 3.8) is 0 Å². The van der Waals surface area contributed by atoms with Gasteiger partial charge in [-0.1, -0.05) is 39.3 Å². The summed E-state index contributed by atoms with van der Waals surface area (Å²) in [4.78, 5) is 0. The van der Waals surface area contributed by atoms with E-state index in [1.807, 2.05) is 0 Å². The Kier molecular flexibility index (Phi) is 5.34. The van der Waals surface area contributed by atoms with Gasteiger partial charge in [0.25, 0.3) is 0 Å². The van der Waals surface area contributed by atoms with Gasteiger partial charge in [-0.25, -0.2) is 0 Å². The van der Waals surface area contributed by atoms with Gasteiger partial charge >= 0.3 is 0 Å². The molecule has 0 bridgehead atoms. The molecule has 20 heavy (non-hydrogen) atoms. The lowest BCUT2D eigenvalue weighted by Crippen LogP contribution is -2.63. The molecule has 2 fully saturated rings. The van der Waals surface area contributed by atoms with Gasteiger partial charge in [-0.05, 0) is 75.7 Å². The molecule has 5 unspecified atom stereocenters. The van der Waals surface area contributed by atoms with Crippen molar-refractivity contribution in [1.29, 1.82) is 0 Å². The molecule has 0 heterocycles. The summed E-state index contributed by atoms with van der Waals surface area (Å²) in [7, 11) is 2.22. The van der Waals surface area contributed by atoms with Gasteiger partial charge in [-0.2, -0.15) is 0 Å². The van der Waals surface area contributed by atoms with Crippen LogP contribution in [-0.4, -0.2) is 12.6 Å². The number of nitrogens with one attached hydrogen (secondary N) is 1. The summed E-state index contributed by atoms with van der Waals surface area (Å²) in [5.41, 5.74) is 0.434. The fourth-order valence-corrected chi connectivity index (χ4v) is 5.50. The number of hydrogen-bond donors (Lipinski definition) is 1. The van der Waals surface area contributed by atoms with E-state index in [4.69, 9.17) is 0 Å². The molecule has 1 N–H and O–H groups in total. The molecular weight excluding hydrogens is 242 g/mol. The largest absolute Gasteiger partial charge is 0.314 e. The van der Waals surface area contributed by atoms with Crippen molar-refractivity contribution < 1.29 is 0 Å². The average molecular weight is 277 g/mol. The van der Waals surface area contributed by atoms with Gasteiger partial charge < -0.3 is 5.32 Å². The van der Waals surface area contributed by atoms with Crippen LogP contribution in [0.5, 0.6) is 0 Å². The van der Waals surface area contributed by atoms with E-state index in [-0.39, 0.29) is 0 Å². The number of allylic oxidation sites excluding steroid dienone is 2. The van der Waals surface area contributed by atoms with Crippen LogP contribution in [0.2, 0.25) is 0 Å². The van der Waals surface area contributed by atoms with Crippen LogP contribution < -0.4 is 5.32 Å². The minimum absolute atomic E-state index is 0.434. The second-order valence-electron chi connectivity index (χ2n) is 7.37. The Morgan fingerprint density at radius 2 is 2.05 bits per heavy atom. The third-order valence-corrected chi connectivity index (χ3v) is 6.58. The predicted molar refractivity (Wildman–Crippen MR) is 88.8 cm³/mol. The zero-order chi connectivity index (χ0) is 14.8. The van der Waals surface area contributed by atoms with E-state index >= 15 is 0 Å². The van der Waals surface area contributed by atoms with Gasteiger partial charge in [0.05, 0.1) is 0 Å². The van der Waals surface area contributed by atoms with Gasteiger partial charge in [0.15, 0.2) is 0 Å². The fraction of sp³-hybridized carbons (Fsp3) is 0.895. The second kappa shape index (κ2) is 6.64. The molecule has 6 atom stereocenters. The molecule has 0 radical (unpaired) electrons. The molecule has 116 valence electrons. The first-order chi connectivity index (χ1) is 9.62. The third-order valence-electron chi connectivity index (χ3n) is 6.58. The highest BCUT2D eigenvalue weighted by atomic mass is 15.0. The Labute approximate surface area is 126 Å². The highest BCUT2D eigenvalue weighted by Crippen LogP contribution is 2.56. The summed E-state index contributed by atoms with van der Waals surface area (Å²) >= 11 is 0. The first-order valence-electron chi connectivity index (χ1n) is 8.94. The van der Waals surface area contributed by atoms with Crippen LogP contribution in [0.3, 0.4) is 0 Å². The molecule has 2 aliphatic rings. The van der Waals surface area contributed by atoms with Crippen LogP contribution in [0.1, 0.15) is 66.2 Å². The lowest BCUT2D eigenvalue weighted by Gasteiger charge is -2.57. The van der Waals surface area contributed by atoms with Crippen LogP contribution in [0.25, 0.3) is 0 Å². The summed E-state index contributed by atoms with van der Waals surface area (Å²) < 4.78 is 0. The SMILES string of the molecule is C/C=C\[C@@H](CC)C1C(C)CC(CC)CC2CCC21NC. The third kappa shape index (κ3) is 2.58. The summed E-state index contributed by atoms with van der Waals surface area (Å²) in [5, 5.41) is 3.82. The molecular formula is C19H35N. The highest BCUT2D eigenvalue weighted by Gasteiger charge is 2.55. The van der Waals surface area contributed by atoms with E-state index in [1.165, 1.54) is 38.5 Å². The van der Waals surface area contributed by atoms with Crippen molar-refractivity contribution in [2.24, 2.45) is 29.6 Å². The zero-order valence-electron chi connectivity index (χ0n) is 14.3. The Hall–Kier alpha value is -0.300. The van der Waals surface area contributed by atoms with Gasteiger partial charge in [0, 0.05) is 5.54 Å². The number of fused-ring (bicyclic) bond motifs is 1. The highest BCUT2D eigenvalue weighted by molar-refractivity contribution is 5.13. The second-order valence-corrected chi connectivity index (χ2v) is 7.37. The maximum atomic E-state index is 3.82. The number of rotatable bonds is 5. The minimum Gasteiger partial charge on any atom is -0.314 e. The molecule has 2 saturated carbocycles. The van der Waals surface area contributed by atoms with Crippen LogP contribution in [0.15, 0.2) is 12.2 Å². The maximum absolute atomic E-state index is 3.82. The first-order valence-corrected chi connectivity index (χ1v) is 8.94. The Balaban J connectivity index is 2.33. The molecule has 1 heteroatoms. The van der Waals surface area contributed by atoms with E-state index in [9.17, 15) is 0 Å². The van der Waals surface area contributed by atoms with E-state index in [0.29, 0.717) is 5.54 Å². The van der Waals surface area contributed by atoms with E-state index < -0.39 is 0 Å². The molecule has 0 spiro atoms. The van der Waals surface area contributed by atoms with E-state index in [1.54, 1.807) is 0 Å². The van der Waals surface area contributed by atoms with Crippen molar-refractivity contribution in [1.82, 2.24) is 5.32 Å². The van der Waals surface area contributed by atoms with E-state index in [2.05, 4.69) is 52.2 Å². The predicted octanol–water partition coefficient (Wildman–Crippen LogP) is 5.03. The smallest absolute Gasteiger partial charge is 0.0243 e. The Bertz CT molecular complexity index is 331. The molecule has 0 amide bonds. The number of hydrogen-bond acceptors (Lipinski definition) is 1. The monoisotopic (exact) mass is 277 g/mol. The standard InChI is InChI=1S/C19H35N/c1-6-9-16(8-3)18-14(4)12-15(7-2)13-17-10-11-19(17,18)20-5/h6,9,14-18,20H,7-8,10-13H2,1-5H3/b9-6-/t14?,15?,16-,17?,18?,19?/m1/s1. The fourth-order valence-electron chi connectivity index (χ4n) is 5.50. The summed E-state index contributed by atoms with van der Waals surface area (Å²) in [6.07, 6.45) is 13.2. The first kappa shape index (κ1) is 16.1. The van der Waals surface area contributed by atoms with Crippen LogP contribution in [0.4, 0.5) is 0 Å². The molecule has 0 aromatic heterocycles. The van der Waals surface area contributed by atoms with Crippen molar-refractivity contribution in [3.8, 4) is 0 Å². The Morgan fingerprint density at radius 1 is 1.30 bits per heavy atom. The van der Waals surface area contributed by atoms with Crippen molar-refractivity contribution in [2.45, 2.75) is 71.8 Å². The maximum Gasteiger partial charge on any atom is 0.0243 e. The summed E-state index contributed by atoms with van der Waals surface area (Å²) in [6, 6.07) is 0. The molecule has 0 aromatic rings. The molecule has 2 aliphatic carbocycles. The Morgan fingerprint density at radius 3 is 2.50 bits per heavy atom. The molecule has 1 nitrogen and oxygen atoms in total. The minimum atomic E-state index is 0.434. The molecule has 0 saturated heterocycles. The molecule has 2 rings (SSSR count). The quantitative estimate of drug-likeness (QED) is 0.695. The topological polar surface area (TPSA) is 12.0 Å². The van der Waals surface area contributed by atoms with Crippen molar-refractivity contribution >= 4 is 0 Å². The molecule has 0 aromatic carbocycles. The van der Waals surface area contributed by atoms with Gasteiger partial charge in [-0.3, -0.25) is 0 Å². The zero-order valence-corrected chi connectivity index (χ0v) is 14.3. The van der Waals surface area contributed by atoms with Crippen LogP contribution in [-0.2, 0) is 0 Å². The van der Waals surface area contributed by atoms with E-state index in [0.717, 1.165) is 29.6 Å².